The minimum Gasteiger partial charge on any atom is -0.334 e. The van der Waals surface area contributed by atoms with Crippen molar-refractivity contribution in [1.82, 2.24) is 4.90 Å². The van der Waals surface area contributed by atoms with Gasteiger partial charge in [0.15, 0.2) is 0 Å². The largest absolute Gasteiger partial charge is 0.334 e. The van der Waals surface area contributed by atoms with Crippen LogP contribution in [0.1, 0.15) is 29.8 Å². The second-order valence-corrected chi connectivity index (χ2v) is 4.38. The van der Waals surface area contributed by atoms with Crippen LogP contribution in [0.3, 0.4) is 0 Å². The van der Waals surface area contributed by atoms with Crippen LogP contribution >= 0.6 is 0 Å². The molecule has 0 fully saturated rings. The van der Waals surface area contributed by atoms with E-state index in [0.29, 0.717) is 18.0 Å². The molecule has 0 radical (unpaired) electrons. The Morgan fingerprint density at radius 1 is 1.47 bits per heavy atom. The minimum atomic E-state index is -0.339. The van der Waals surface area contributed by atoms with E-state index < -0.39 is 0 Å². The smallest absolute Gasteiger partial charge is 0.254 e. The highest BCUT2D eigenvalue weighted by Gasteiger charge is 2.27. The van der Waals surface area contributed by atoms with Crippen molar-refractivity contribution >= 4 is 5.91 Å². The first-order valence-electron chi connectivity index (χ1n) is 5.15. The van der Waals surface area contributed by atoms with E-state index in [1.807, 2.05) is 0 Å². The number of carbonyl (C=O) groups excluding carboxylic acids is 1. The Bertz CT molecular complexity index is 401. The molecule has 1 aromatic carbocycles. The van der Waals surface area contributed by atoms with E-state index in [9.17, 15) is 9.18 Å². The molecule has 0 saturated carbocycles. The second-order valence-electron chi connectivity index (χ2n) is 4.38. The molecule has 15 heavy (non-hydrogen) atoms. The van der Waals surface area contributed by atoms with Crippen molar-refractivity contribution in [2.75, 3.05) is 6.54 Å². The van der Waals surface area contributed by atoms with Crippen molar-refractivity contribution in [3.63, 3.8) is 0 Å². The average molecular weight is 207 g/mol. The molecule has 0 saturated heterocycles. The second kappa shape index (κ2) is 3.65. The SMILES string of the molecule is CC(C)CN1Cc2ccc(F)cc2C1=O. The normalized spacial score (nSPS) is 14.9. The lowest BCUT2D eigenvalue weighted by Gasteiger charge is -2.17. The summed E-state index contributed by atoms with van der Waals surface area (Å²) >= 11 is 0. The van der Waals surface area contributed by atoms with Crippen LogP contribution in [0, 0.1) is 11.7 Å². The van der Waals surface area contributed by atoms with E-state index in [0.717, 1.165) is 12.1 Å². The van der Waals surface area contributed by atoms with Crippen molar-refractivity contribution in [3.8, 4) is 0 Å². The predicted molar refractivity (Wildman–Crippen MR) is 56.0 cm³/mol. The fourth-order valence-corrected chi connectivity index (χ4v) is 1.92. The molecule has 3 heteroatoms. The van der Waals surface area contributed by atoms with Crippen LogP contribution in [-0.2, 0) is 6.54 Å². The van der Waals surface area contributed by atoms with Gasteiger partial charge in [-0.1, -0.05) is 19.9 Å². The first-order chi connectivity index (χ1) is 7.08. The molecule has 2 rings (SSSR count). The standard InChI is InChI=1S/C12H14FNO/c1-8(2)6-14-7-9-3-4-10(13)5-11(9)12(14)15/h3-5,8H,6-7H2,1-2H3. The Balaban J connectivity index is 2.26. The van der Waals surface area contributed by atoms with E-state index >= 15 is 0 Å². The van der Waals surface area contributed by atoms with Crippen molar-refractivity contribution in [2.24, 2.45) is 5.92 Å². The molecular weight excluding hydrogens is 193 g/mol. The number of benzene rings is 1. The molecule has 0 aromatic heterocycles. The molecule has 1 aliphatic rings. The van der Waals surface area contributed by atoms with Crippen LogP contribution < -0.4 is 0 Å². The lowest BCUT2D eigenvalue weighted by atomic mass is 10.1. The molecule has 0 aliphatic carbocycles. The molecule has 1 aliphatic heterocycles. The maximum Gasteiger partial charge on any atom is 0.254 e. The van der Waals surface area contributed by atoms with Crippen LogP contribution in [-0.4, -0.2) is 17.4 Å². The van der Waals surface area contributed by atoms with E-state index in [2.05, 4.69) is 13.8 Å². The maximum absolute atomic E-state index is 13.0. The van der Waals surface area contributed by atoms with Gasteiger partial charge in [0, 0.05) is 18.7 Å². The summed E-state index contributed by atoms with van der Waals surface area (Å²) in [6, 6.07) is 4.44. The Kier molecular flexibility index (Phi) is 2.47. The summed E-state index contributed by atoms with van der Waals surface area (Å²) in [7, 11) is 0. The van der Waals surface area contributed by atoms with Gasteiger partial charge in [-0.25, -0.2) is 4.39 Å². The fourth-order valence-electron chi connectivity index (χ4n) is 1.92. The van der Waals surface area contributed by atoms with E-state index in [1.54, 1.807) is 11.0 Å². The van der Waals surface area contributed by atoms with Crippen LogP contribution in [0.5, 0.6) is 0 Å². The van der Waals surface area contributed by atoms with Gasteiger partial charge in [-0.15, -0.1) is 0 Å². The van der Waals surface area contributed by atoms with Gasteiger partial charge < -0.3 is 4.90 Å². The van der Waals surface area contributed by atoms with Gasteiger partial charge >= 0.3 is 0 Å². The van der Waals surface area contributed by atoms with Crippen molar-refractivity contribution < 1.29 is 9.18 Å². The molecule has 1 amide bonds. The minimum absolute atomic E-state index is 0.0433. The van der Waals surface area contributed by atoms with Crippen LogP contribution in [0.15, 0.2) is 18.2 Å². The summed E-state index contributed by atoms with van der Waals surface area (Å²) in [5.41, 5.74) is 1.46. The number of nitrogens with zero attached hydrogens (tertiary/aromatic N) is 1. The zero-order chi connectivity index (χ0) is 11.0. The van der Waals surface area contributed by atoms with Crippen molar-refractivity contribution in [2.45, 2.75) is 20.4 Å². The quantitative estimate of drug-likeness (QED) is 0.729. The van der Waals surface area contributed by atoms with Crippen molar-refractivity contribution in [1.29, 1.82) is 0 Å². The summed E-state index contributed by atoms with van der Waals surface area (Å²) in [5, 5.41) is 0. The van der Waals surface area contributed by atoms with Gasteiger partial charge in [0.1, 0.15) is 5.82 Å². The van der Waals surface area contributed by atoms with Crippen LogP contribution in [0.4, 0.5) is 4.39 Å². The first-order valence-corrected chi connectivity index (χ1v) is 5.15. The molecule has 0 spiro atoms. The number of hydrogen-bond acceptors (Lipinski definition) is 1. The van der Waals surface area contributed by atoms with Gasteiger partial charge in [0.05, 0.1) is 0 Å². The number of amides is 1. The summed E-state index contributed by atoms with van der Waals surface area (Å²) in [5.74, 6) is 0.0554. The van der Waals surface area contributed by atoms with E-state index in [-0.39, 0.29) is 11.7 Å². The van der Waals surface area contributed by atoms with E-state index in [1.165, 1.54) is 12.1 Å². The van der Waals surface area contributed by atoms with Crippen LogP contribution in [0.2, 0.25) is 0 Å². The van der Waals surface area contributed by atoms with Gasteiger partial charge in [-0.3, -0.25) is 4.79 Å². The third-order valence-electron chi connectivity index (χ3n) is 2.54. The lowest BCUT2D eigenvalue weighted by Crippen LogP contribution is -2.27. The number of rotatable bonds is 2. The molecule has 2 nitrogen and oxygen atoms in total. The summed E-state index contributed by atoms with van der Waals surface area (Å²) in [6.07, 6.45) is 0. The van der Waals surface area contributed by atoms with E-state index in [4.69, 9.17) is 0 Å². The highest BCUT2D eigenvalue weighted by atomic mass is 19.1. The molecule has 1 aromatic rings. The molecular formula is C12H14FNO. The molecule has 0 N–H and O–H groups in total. The first kappa shape index (κ1) is 10.1. The highest BCUT2D eigenvalue weighted by molar-refractivity contribution is 5.98. The topological polar surface area (TPSA) is 20.3 Å². The van der Waals surface area contributed by atoms with Gasteiger partial charge in [0.2, 0.25) is 0 Å². The maximum atomic E-state index is 13.0. The Morgan fingerprint density at radius 3 is 2.87 bits per heavy atom. The monoisotopic (exact) mass is 207 g/mol. The Labute approximate surface area is 88.7 Å². The summed E-state index contributed by atoms with van der Waals surface area (Å²) in [6.45, 7) is 5.48. The third-order valence-corrected chi connectivity index (χ3v) is 2.54. The summed E-state index contributed by atoms with van der Waals surface area (Å²) in [4.78, 5) is 13.6. The number of halogens is 1. The fraction of sp³-hybridized carbons (Fsp3) is 0.417. The Morgan fingerprint density at radius 2 is 2.20 bits per heavy atom. The number of carbonyl (C=O) groups is 1. The molecule has 0 unspecified atom stereocenters. The van der Waals surface area contributed by atoms with Crippen molar-refractivity contribution in [3.05, 3.63) is 35.1 Å². The zero-order valence-corrected chi connectivity index (χ0v) is 8.96. The molecule has 0 atom stereocenters. The van der Waals surface area contributed by atoms with Gasteiger partial charge in [0.25, 0.3) is 5.91 Å². The molecule has 80 valence electrons. The third kappa shape index (κ3) is 1.87. The van der Waals surface area contributed by atoms with Gasteiger partial charge in [-0.2, -0.15) is 0 Å². The summed E-state index contributed by atoms with van der Waals surface area (Å²) < 4.78 is 13.0. The molecule has 1 heterocycles. The lowest BCUT2D eigenvalue weighted by molar-refractivity contribution is 0.0759. The van der Waals surface area contributed by atoms with Crippen LogP contribution in [0.25, 0.3) is 0 Å². The zero-order valence-electron chi connectivity index (χ0n) is 8.96. The highest BCUT2D eigenvalue weighted by Crippen LogP contribution is 2.24. The number of fused-ring (bicyclic) bond motifs is 1. The number of hydrogen-bond donors (Lipinski definition) is 0. The molecule has 0 bridgehead atoms. The average Bonchev–Trinajstić information content (AvgIpc) is 2.44. The van der Waals surface area contributed by atoms with Gasteiger partial charge in [-0.05, 0) is 23.6 Å². The predicted octanol–water partition coefficient (Wildman–Crippen LogP) is 2.44. The Hall–Kier alpha value is -1.38.